The Morgan fingerprint density at radius 3 is 2.67 bits per heavy atom. The molecule has 1 aromatic carbocycles. The van der Waals surface area contributed by atoms with Crippen molar-refractivity contribution in [3.05, 3.63) is 35.4 Å². The van der Waals surface area contributed by atoms with Crippen molar-refractivity contribution in [2.45, 2.75) is 26.3 Å². The number of ether oxygens (including phenoxy) is 3. The Morgan fingerprint density at radius 2 is 2.00 bits per heavy atom. The van der Waals surface area contributed by atoms with E-state index < -0.39 is 0 Å². The van der Waals surface area contributed by atoms with E-state index in [1.54, 1.807) is 14.2 Å². The number of hydrogen-bond acceptors (Lipinski definition) is 5. The van der Waals surface area contributed by atoms with Crippen molar-refractivity contribution >= 4 is 5.96 Å². The molecular weight excluding hydrogens is 380 g/mol. The molecule has 7 heteroatoms. The fourth-order valence-corrected chi connectivity index (χ4v) is 3.89. The fraction of sp³-hybridized carbons (Fsp3) is 0.609. The van der Waals surface area contributed by atoms with Crippen molar-refractivity contribution in [3.63, 3.8) is 0 Å². The van der Waals surface area contributed by atoms with Crippen molar-refractivity contribution in [1.82, 2.24) is 15.1 Å². The van der Waals surface area contributed by atoms with Crippen LogP contribution in [0.5, 0.6) is 11.5 Å². The fourth-order valence-electron chi connectivity index (χ4n) is 3.89. The van der Waals surface area contributed by atoms with Crippen LogP contribution in [0.2, 0.25) is 0 Å². The summed E-state index contributed by atoms with van der Waals surface area (Å²) in [6.07, 6.45) is 4.27. The van der Waals surface area contributed by atoms with E-state index in [2.05, 4.69) is 34.2 Å². The quantitative estimate of drug-likeness (QED) is 0.399. The van der Waals surface area contributed by atoms with Gasteiger partial charge < -0.3 is 24.4 Å². The molecule has 166 valence electrons. The monoisotopic (exact) mass is 416 g/mol. The number of piperazine rings is 1. The second-order valence-corrected chi connectivity index (χ2v) is 7.61. The van der Waals surface area contributed by atoms with Crippen LogP contribution in [0, 0.1) is 0 Å². The average Bonchev–Trinajstić information content (AvgIpc) is 2.80. The number of benzene rings is 1. The van der Waals surface area contributed by atoms with Crippen LogP contribution < -0.4 is 14.8 Å². The van der Waals surface area contributed by atoms with Gasteiger partial charge >= 0.3 is 0 Å². The van der Waals surface area contributed by atoms with Crippen LogP contribution in [0.4, 0.5) is 0 Å². The maximum Gasteiger partial charge on any atom is 0.194 e. The average molecular weight is 417 g/mol. The number of guanidine groups is 1. The molecule has 1 saturated heterocycles. The molecule has 30 heavy (non-hydrogen) atoms. The van der Waals surface area contributed by atoms with Gasteiger partial charge in [-0.2, -0.15) is 0 Å². The van der Waals surface area contributed by atoms with Crippen LogP contribution in [0.3, 0.4) is 0 Å². The van der Waals surface area contributed by atoms with E-state index in [0.717, 1.165) is 94.9 Å². The Hall–Kier alpha value is -2.25. The third-order valence-corrected chi connectivity index (χ3v) is 5.64. The van der Waals surface area contributed by atoms with Crippen molar-refractivity contribution in [2.24, 2.45) is 4.99 Å². The SMILES string of the molecule is CCNC(=NCCC1=CCOCC1)N1CCN(Cc2cc(OC)ccc2OC)CC1. The number of nitrogens with one attached hydrogen (secondary N) is 1. The molecule has 7 nitrogen and oxygen atoms in total. The predicted molar refractivity (Wildman–Crippen MR) is 121 cm³/mol. The van der Waals surface area contributed by atoms with Gasteiger partial charge in [-0.3, -0.25) is 9.89 Å². The van der Waals surface area contributed by atoms with Crippen molar-refractivity contribution in [3.8, 4) is 11.5 Å². The van der Waals surface area contributed by atoms with Gasteiger partial charge in [0.25, 0.3) is 0 Å². The van der Waals surface area contributed by atoms with Gasteiger partial charge in [0.1, 0.15) is 11.5 Å². The molecule has 0 aliphatic carbocycles. The lowest BCUT2D eigenvalue weighted by atomic mass is 10.1. The van der Waals surface area contributed by atoms with Crippen LogP contribution in [-0.2, 0) is 11.3 Å². The molecule has 0 saturated carbocycles. The van der Waals surface area contributed by atoms with Gasteiger partial charge in [-0.05, 0) is 38.0 Å². The maximum absolute atomic E-state index is 5.54. The van der Waals surface area contributed by atoms with Crippen LogP contribution in [-0.4, -0.2) is 82.5 Å². The summed E-state index contributed by atoms with van der Waals surface area (Å²) in [6, 6.07) is 5.99. The van der Waals surface area contributed by atoms with Crippen molar-refractivity contribution in [2.75, 3.05) is 66.7 Å². The summed E-state index contributed by atoms with van der Waals surface area (Å²) in [5.41, 5.74) is 2.63. The van der Waals surface area contributed by atoms with Gasteiger partial charge in [0, 0.05) is 51.4 Å². The molecule has 1 aromatic rings. The summed E-state index contributed by atoms with van der Waals surface area (Å²) in [6.45, 7) is 10.2. The first kappa shape index (κ1) is 22.4. The van der Waals surface area contributed by atoms with Gasteiger partial charge in [0.2, 0.25) is 0 Å². The standard InChI is InChI=1S/C23H36N4O3/c1-4-24-23(25-10-7-19-8-15-30-16-9-19)27-13-11-26(12-14-27)18-20-17-21(28-2)5-6-22(20)29-3/h5-6,8,17H,4,7,9-16,18H2,1-3H3,(H,24,25). The second kappa shape index (κ2) is 11.8. The van der Waals surface area contributed by atoms with E-state index in [-0.39, 0.29) is 0 Å². The molecule has 3 rings (SSSR count). The maximum atomic E-state index is 5.54. The van der Waals surface area contributed by atoms with Crippen molar-refractivity contribution in [1.29, 1.82) is 0 Å². The van der Waals surface area contributed by atoms with Crippen LogP contribution in [0.25, 0.3) is 0 Å². The molecule has 0 aromatic heterocycles. The smallest absolute Gasteiger partial charge is 0.194 e. The zero-order chi connectivity index (χ0) is 21.2. The highest BCUT2D eigenvalue weighted by Gasteiger charge is 2.21. The van der Waals surface area contributed by atoms with Gasteiger partial charge in [-0.15, -0.1) is 0 Å². The molecule has 2 aliphatic heterocycles. The molecule has 0 bridgehead atoms. The van der Waals surface area contributed by atoms with Gasteiger partial charge in [-0.1, -0.05) is 11.6 Å². The number of methoxy groups -OCH3 is 2. The Labute approximate surface area is 180 Å². The summed E-state index contributed by atoms with van der Waals surface area (Å²) < 4.78 is 16.3. The third kappa shape index (κ3) is 6.37. The molecule has 0 radical (unpaired) electrons. The lowest BCUT2D eigenvalue weighted by Crippen LogP contribution is -2.52. The summed E-state index contributed by atoms with van der Waals surface area (Å²) in [5.74, 6) is 2.81. The first-order chi connectivity index (χ1) is 14.7. The topological polar surface area (TPSA) is 58.6 Å². The number of rotatable bonds is 8. The second-order valence-electron chi connectivity index (χ2n) is 7.61. The van der Waals surface area contributed by atoms with E-state index in [1.807, 2.05) is 12.1 Å². The molecule has 2 aliphatic rings. The van der Waals surface area contributed by atoms with Crippen LogP contribution >= 0.6 is 0 Å². The molecule has 0 spiro atoms. The zero-order valence-corrected chi connectivity index (χ0v) is 18.7. The molecule has 1 fully saturated rings. The molecule has 0 amide bonds. The van der Waals surface area contributed by atoms with E-state index in [4.69, 9.17) is 19.2 Å². The van der Waals surface area contributed by atoms with Crippen LogP contribution in [0.15, 0.2) is 34.8 Å². The minimum Gasteiger partial charge on any atom is -0.497 e. The lowest BCUT2D eigenvalue weighted by Gasteiger charge is -2.36. The molecule has 1 N–H and O–H groups in total. The third-order valence-electron chi connectivity index (χ3n) is 5.64. The molecule has 2 heterocycles. The number of aliphatic imine (C=N–C) groups is 1. The lowest BCUT2D eigenvalue weighted by molar-refractivity contribution is 0.153. The zero-order valence-electron chi connectivity index (χ0n) is 18.7. The van der Waals surface area contributed by atoms with E-state index >= 15 is 0 Å². The first-order valence-electron chi connectivity index (χ1n) is 11.0. The molecule has 0 atom stereocenters. The van der Waals surface area contributed by atoms with Gasteiger partial charge in [0.15, 0.2) is 5.96 Å². The molecule has 0 unspecified atom stereocenters. The highest BCUT2D eigenvalue weighted by atomic mass is 16.5. The Balaban J connectivity index is 1.53. The van der Waals surface area contributed by atoms with E-state index in [9.17, 15) is 0 Å². The Kier molecular flexibility index (Phi) is 8.83. The first-order valence-corrected chi connectivity index (χ1v) is 11.0. The van der Waals surface area contributed by atoms with E-state index in [1.165, 1.54) is 5.57 Å². The summed E-state index contributed by atoms with van der Waals surface area (Å²) >= 11 is 0. The highest BCUT2D eigenvalue weighted by Crippen LogP contribution is 2.25. The number of hydrogen-bond donors (Lipinski definition) is 1. The Morgan fingerprint density at radius 1 is 1.17 bits per heavy atom. The highest BCUT2D eigenvalue weighted by molar-refractivity contribution is 5.80. The normalized spacial score (nSPS) is 18.2. The summed E-state index contributed by atoms with van der Waals surface area (Å²) in [5, 5.41) is 3.46. The van der Waals surface area contributed by atoms with Gasteiger partial charge in [0.05, 0.1) is 27.4 Å². The predicted octanol–water partition coefficient (Wildman–Crippen LogP) is 2.52. The van der Waals surface area contributed by atoms with Crippen molar-refractivity contribution < 1.29 is 14.2 Å². The summed E-state index contributed by atoms with van der Waals surface area (Å²) in [7, 11) is 3.42. The van der Waals surface area contributed by atoms with Crippen LogP contribution in [0.1, 0.15) is 25.3 Å². The minimum absolute atomic E-state index is 0.749. The minimum atomic E-state index is 0.749. The molecular formula is C23H36N4O3. The van der Waals surface area contributed by atoms with Gasteiger partial charge in [-0.25, -0.2) is 0 Å². The number of nitrogens with zero attached hydrogens (tertiary/aromatic N) is 3. The largest absolute Gasteiger partial charge is 0.497 e. The summed E-state index contributed by atoms with van der Waals surface area (Å²) in [4.78, 5) is 9.72. The van der Waals surface area contributed by atoms with E-state index in [0.29, 0.717) is 0 Å². The Bertz CT molecular complexity index is 727.